The maximum absolute atomic E-state index is 11.9. The summed E-state index contributed by atoms with van der Waals surface area (Å²) in [7, 11) is 0. The molecule has 17 heavy (non-hydrogen) atoms. The van der Waals surface area contributed by atoms with Crippen LogP contribution in [0.5, 0.6) is 0 Å². The van der Waals surface area contributed by atoms with E-state index in [1.54, 1.807) is 0 Å². The molecule has 0 aromatic carbocycles. The smallest absolute Gasteiger partial charge is 0.413 e. The minimum Gasteiger partial charge on any atom is -0.444 e. The number of rotatable bonds is 1. The lowest BCUT2D eigenvalue weighted by Crippen LogP contribution is -2.47. The lowest BCUT2D eigenvalue weighted by atomic mass is 10.1. The van der Waals surface area contributed by atoms with Gasteiger partial charge in [0.2, 0.25) is 0 Å². The molecule has 0 radical (unpaired) electrons. The van der Waals surface area contributed by atoms with E-state index in [2.05, 4.69) is 0 Å². The van der Waals surface area contributed by atoms with E-state index in [0.29, 0.717) is 13.0 Å². The van der Waals surface area contributed by atoms with Gasteiger partial charge in [0.15, 0.2) is 6.23 Å². The summed E-state index contributed by atoms with van der Waals surface area (Å²) >= 11 is 0. The predicted molar refractivity (Wildman–Crippen MR) is 62.3 cm³/mol. The molecule has 0 spiro atoms. The van der Waals surface area contributed by atoms with Gasteiger partial charge in [-0.05, 0) is 33.6 Å². The lowest BCUT2D eigenvalue weighted by Gasteiger charge is -2.35. The number of hydrogen-bond acceptors (Lipinski definition) is 4. The topological polar surface area (TPSA) is 55.8 Å². The van der Waals surface area contributed by atoms with Crippen LogP contribution in [-0.4, -0.2) is 35.3 Å². The van der Waals surface area contributed by atoms with Crippen LogP contribution in [0, 0.1) is 0 Å². The summed E-state index contributed by atoms with van der Waals surface area (Å²) in [5, 5.41) is 0. The van der Waals surface area contributed by atoms with Gasteiger partial charge in [-0.15, -0.1) is 0 Å². The SMILES string of the molecule is CC(=O)OC1CCCCN1C(=O)OC(C)(C)C. The van der Waals surface area contributed by atoms with Gasteiger partial charge in [-0.3, -0.25) is 9.69 Å². The number of ether oxygens (including phenoxy) is 2. The summed E-state index contributed by atoms with van der Waals surface area (Å²) in [6.07, 6.45) is 1.66. The maximum atomic E-state index is 11.9. The maximum Gasteiger partial charge on any atom is 0.413 e. The Morgan fingerprint density at radius 1 is 1.24 bits per heavy atom. The predicted octanol–water partition coefficient (Wildman–Crippen LogP) is 2.30. The molecule has 1 amide bonds. The highest BCUT2D eigenvalue weighted by Gasteiger charge is 2.32. The zero-order valence-electron chi connectivity index (χ0n) is 11.0. The molecule has 98 valence electrons. The molecule has 1 aliphatic rings. The van der Waals surface area contributed by atoms with Crippen LogP contribution in [-0.2, 0) is 14.3 Å². The van der Waals surface area contributed by atoms with Crippen LogP contribution in [0.25, 0.3) is 0 Å². The fourth-order valence-electron chi connectivity index (χ4n) is 1.74. The van der Waals surface area contributed by atoms with Crippen molar-refractivity contribution in [3.05, 3.63) is 0 Å². The van der Waals surface area contributed by atoms with Gasteiger partial charge in [0.1, 0.15) is 5.60 Å². The number of hydrogen-bond donors (Lipinski definition) is 0. The monoisotopic (exact) mass is 243 g/mol. The molecule has 0 aromatic rings. The Hall–Kier alpha value is -1.26. The summed E-state index contributed by atoms with van der Waals surface area (Å²) in [4.78, 5) is 24.4. The van der Waals surface area contributed by atoms with E-state index in [9.17, 15) is 9.59 Å². The molecule has 1 unspecified atom stereocenters. The van der Waals surface area contributed by atoms with E-state index in [4.69, 9.17) is 9.47 Å². The second kappa shape index (κ2) is 5.38. The molecule has 0 aromatic heterocycles. The number of likely N-dealkylation sites (tertiary alicyclic amines) is 1. The van der Waals surface area contributed by atoms with Crippen molar-refractivity contribution in [1.29, 1.82) is 0 Å². The molecule has 1 heterocycles. The molecule has 1 atom stereocenters. The van der Waals surface area contributed by atoms with Crippen LogP contribution in [0.15, 0.2) is 0 Å². The molecule has 1 saturated heterocycles. The number of amides is 1. The van der Waals surface area contributed by atoms with Crippen molar-refractivity contribution in [3.8, 4) is 0 Å². The van der Waals surface area contributed by atoms with E-state index in [1.807, 2.05) is 20.8 Å². The van der Waals surface area contributed by atoms with Crippen molar-refractivity contribution in [1.82, 2.24) is 4.90 Å². The van der Waals surface area contributed by atoms with Crippen LogP contribution in [0.2, 0.25) is 0 Å². The highest BCUT2D eigenvalue weighted by Crippen LogP contribution is 2.21. The Morgan fingerprint density at radius 2 is 1.88 bits per heavy atom. The standard InChI is InChI=1S/C12H21NO4/c1-9(14)16-10-7-5-6-8-13(10)11(15)17-12(2,3)4/h10H,5-8H2,1-4H3. The Kier molecular flexibility index (Phi) is 4.37. The number of nitrogens with zero attached hydrogens (tertiary/aromatic N) is 1. The summed E-state index contributed by atoms with van der Waals surface area (Å²) in [6, 6.07) is 0. The second-order valence-electron chi connectivity index (χ2n) is 5.23. The summed E-state index contributed by atoms with van der Waals surface area (Å²) in [5.41, 5.74) is -0.532. The fraction of sp³-hybridized carbons (Fsp3) is 0.833. The molecule has 5 nitrogen and oxygen atoms in total. The molecule has 1 fully saturated rings. The first-order chi connectivity index (χ1) is 7.79. The molecule has 0 saturated carbocycles. The van der Waals surface area contributed by atoms with Gasteiger partial charge in [0, 0.05) is 19.9 Å². The van der Waals surface area contributed by atoms with Gasteiger partial charge in [0.25, 0.3) is 0 Å². The first-order valence-electron chi connectivity index (χ1n) is 5.96. The number of piperidine rings is 1. The molecule has 1 aliphatic heterocycles. The van der Waals surface area contributed by atoms with Gasteiger partial charge >= 0.3 is 12.1 Å². The molecule has 0 bridgehead atoms. The van der Waals surface area contributed by atoms with E-state index in [1.165, 1.54) is 11.8 Å². The summed E-state index contributed by atoms with van der Waals surface area (Å²) in [6.45, 7) is 7.37. The highest BCUT2D eigenvalue weighted by molar-refractivity contribution is 5.70. The van der Waals surface area contributed by atoms with Crippen molar-refractivity contribution in [2.75, 3.05) is 6.54 Å². The molecule has 1 rings (SSSR count). The van der Waals surface area contributed by atoms with Crippen LogP contribution < -0.4 is 0 Å². The third kappa shape index (κ3) is 4.63. The Morgan fingerprint density at radius 3 is 2.41 bits per heavy atom. The Bertz CT molecular complexity index is 295. The molecule has 0 N–H and O–H groups in total. The number of carbonyl (C=O) groups excluding carboxylic acids is 2. The normalized spacial score (nSPS) is 20.9. The fourth-order valence-corrected chi connectivity index (χ4v) is 1.74. The Balaban J connectivity index is 2.64. The second-order valence-corrected chi connectivity index (χ2v) is 5.23. The molecular weight excluding hydrogens is 222 g/mol. The summed E-state index contributed by atoms with van der Waals surface area (Å²) in [5.74, 6) is -0.370. The highest BCUT2D eigenvalue weighted by atomic mass is 16.6. The van der Waals surface area contributed by atoms with Gasteiger partial charge in [-0.1, -0.05) is 0 Å². The average Bonchev–Trinajstić information content (AvgIpc) is 2.14. The van der Waals surface area contributed by atoms with E-state index >= 15 is 0 Å². The van der Waals surface area contributed by atoms with Crippen LogP contribution in [0.1, 0.15) is 47.0 Å². The zero-order valence-corrected chi connectivity index (χ0v) is 11.0. The third-order valence-electron chi connectivity index (χ3n) is 2.38. The van der Waals surface area contributed by atoms with Crippen molar-refractivity contribution < 1.29 is 19.1 Å². The van der Waals surface area contributed by atoms with Crippen LogP contribution in [0.3, 0.4) is 0 Å². The van der Waals surface area contributed by atoms with Crippen molar-refractivity contribution >= 4 is 12.1 Å². The minimum atomic E-state index is -0.532. The van der Waals surface area contributed by atoms with Crippen LogP contribution in [0.4, 0.5) is 4.79 Å². The van der Waals surface area contributed by atoms with Crippen molar-refractivity contribution in [2.24, 2.45) is 0 Å². The zero-order chi connectivity index (χ0) is 13.1. The van der Waals surface area contributed by atoms with Gasteiger partial charge < -0.3 is 9.47 Å². The van der Waals surface area contributed by atoms with Crippen LogP contribution >= 0.6 is 0 Å². The number of carbonyl (C=O) groups is 2. The minimum absolute atomic E-state index is 0.370. The van der Waals surface area contributed by atoms with Gasteiger partial charge in [0.05, 0.1) is 0 Å². The van der Waals surface area contributed by atoms with E-state index in [-0.39, 0.29) is 5.97 Å². The quantitative estimate of drug-likeness (QED) is 0.663. The van der Waals surface area contributed by atoms with Gasteiger partial charge in [-0.25, -0.2) is 4.79 Å². The first kappa shape index (κ1) is 13.8. The average molecular weight is 243 g/mol. The van der Waals surface area contributed by atoms with Crippen molar-refractivity contribution in [2.45, 2.75) is 58.8 Å². The third-order valence-corrected chi connectivity index (χ3v) is 2.38. The molecule has 0 aliphatic carbocycles. The lowest BCUT2D eigenvalue weighted by molar-refractivity contribution is -0.158. The Labute approximate surface area is 102 Å². The van der Waals surface area contributed by atoms with Crippen molar-refractivity contribution in [3.63, 3.8) is 0 Å². The first-order valence-corrected chi connectivity index (χ1v) is 5.96. The molecular formula is C12H21NO4. The van der Waals surface area contributed by atoms with Gasteiger partial charge in [-0.2, -0.15) is 0 Å². The van der Waals surface area contributed by atoms with E-state index < -0.39 is 17.9 Å². The molecule has 5 heteroatoms. The number of esters is 1. The largest absolute Gasteiger partial charge is 0.444 e. The summed E-state index contributed by atoms with van der Waals surface area (Å²) < 4.78 is 10.4. The van der Waals surface area contributed by atoms with E-state index in [0.717, 1.165) is 12.8 Å².